The van der Waals surface area contributed by atoms with E-state index in [1.807, 2.05) is 0 Å². The summed E-state index contributed by atoms with van der Waals surface area (Å²) in [5.41, 5.74) is 7.46. The van der Waals surface area contributed by atoms with Gasteiger partial charge in [-0.2, -0.15) is 0 Å². The second-order valence-corrected chi connectivity index (χ2v) is 6.14. The van der Waals surface area contributed by atoms with E-state index in [4.69, 9.17) is 11.0 Å². The largest absolute Gasteiger partial charge is 0.330 e. The molecule has 0 saturated carbocycles. The van der Waals surface area contributed by atoms with E-state index >= 15 is 0 Å². The summed E-state index contributed by atoms with van der Waals surface area (Å²) in [6, 6.07) is 8.68. The molecule has 0 unspecified atom stereocenters. The van der Waals surface area contributed by atoms with Crippen molar-refractivity contribution in [3.05, 3.63) is 33.4 Å². The Hall–Kier alpha value is -0.535. The van der Waals surface area contributed by atoms with Gasteiger partial charge in [0.25, 0.3) is 6.71 Å². The Balaban J connectivity index is 2.21. The number of nitrogens with zero attached hydrogens (tertiary/aromatic N) is 1. The second-order valence-electron chi connectivity index (χ2n) is 4.89. The fraction of sp³-hybridized carbons (Fsp3) is 0.462. The van der Waals surface area contributed by atoms with Gasteiger partial charge >= 0.3 is 0 Å². The maximum absolute atomic E-state index is 8.96. The predicted molar refractivity (Wildman–Crippen MR) is 80.1 cm³/mol. The molecule has 2 N–H and O–H groups in total. The Kier molecular flexibility index (Phi) is 4.11. The topological polar surface area (TPSA) is 49.8 Å². The third-order valence-electron chi connectivity index (χ3n) is 3.97. The highest BCUT2D eigenvalue weighted by Crippen LogP contribution is 2.39. The average molecular weight is 338 g/mol. The van der Waals surface area contributed by atoms with Crippen LogP contribution in [-0.4, -0.2) is 13.3 Å². The molecule has 1 fully saturated rings. The molecule has 0 amide bonds. The molecule has 1 aliphatic heterocycles. The lowest BCUT2D eigenvalue weighted by Crippen LogP contribution is -2.40. The smallest absolute Gasteiger partial charge is 0.267 e. The van der Waals surface area contributed by atoms with Crippen LogP contribution in [0.2, 0.25) is 12.6 Å². The molecule has 1 aliphatic rings. The van der Waals surface area contributed by atoms with Gasteiger partial charge in [-0.25, -0.2) is 5.26 Å². The van der Waals surface area contributed by atoms with Gasteiger partial charge in [0.15, 0.2) is 0 Å². The van der Waals surface area contributed by atoms with Crippen LogP contribution in [0, 0.1) is 14.8 Å². The number of hydrogen-bond donors (Lipinski definition) is 1. The van der Waals surface area contributed by atoms with E-state index in [2.05, 4.69) is 52.8 Å². The molecule has 0 aliphatic carbocycles. The molecule has 1 aromatic rings. The zero-order valence-corrected chi connectivity index (χ0v) is 12.0. The zero-order chi connectivity index (χ0) is 12.3. The van der Waals surface area contributed by atoms with E-state index in [0.717, 1.165) is 25.5 Å². The summed E-state index contributed by atoms with van der Waals surface area (Å²) in [7, 11) is 0. The highest BCUT2D eigenvalue weighted by molar-refractivity contribution is 14.1. The first-order valence-electron chi connectivity index (χ1n) is 6.06. The first kappa shape index (κ1) is 12.9. The lowest BCUT2D eigenvalue weighted by molar-refractivity contribution is 0.391. The monoisotopic (exact) mass is 338 g/mol. The third kappa shape index (κ3) is 2.66. The van der Waals surface area contributed by atoms with E-state index < -0.39 is 0 Å². The van der Waals surface area contributed by atoms with Crippen LogP contribution >= 0.6 is 22.6 Å². The molecule has 0 aromatic heterocycles. The Labute approximate surface area is 117 Å². The molecule has 2 rings (SSSR count). The van der Waals surface area contributed by atoms with Crippen LogP contribution < -0.4 is 5.73 Å². The maximum atomic E-state index is 8.96. The predicted octanol–water partition coefficient (Wildman–Crippen LogP) is 2.84. The van der Waals surface area contributed by atoms with Crippen LogP contribution in [0.5, 0.6) is 0 Å². The maximum Gasteiger partial charge on any atom is 0.267 e. The van der Waals surface area contributed by atoms with Crippen LogP contribution in [0.15, 0.2) is 24.3 Å². The highest BCUT2D eigenvalue weighted by atomic mass is 127. The number of rotatable bonds is 2. The summed E-state index contributed by atoms with van der Waals surface area (Å²) >= 11 is 2.32. The molecule has 1 saturated heterocycles. The summed E-state index contributed by atoms with van der Waals surface area (Å²) in [6.45, 7) is 0.921. The highest BCUT2D eigenvalue weighted by Gasteiger charge is 2.37. The Morgan fingerprint density at radius 3 is 2.35 bits per heavy atom. The number of nitrogens with two attached hydrogens (primary N) is 1. The van der Waals surface area contributed by atoms with Gasteiger partial charge in [0, 0.05) is 21.5 Å². The van der Waals surface area contributed by atoms with Crippen molar-refractivity contribution in [1.82, 2.24) is 0 Å². The minimum Gasteiger partial charge on any atom is -0.330 e. The lowest BCUT2D eigenvalue weighted by atomic mass is 9.39. The zero-order valence-electron chi connectivity index (χ0n) is 9.82. The van der Waals surface area contributed by atoms with Gasteiger partial charge in [0.05, 0.1) is 0 Å². The summed E-state index contributed by atoms with van der Waals surface area (Å²) in [6.07, 6.45) is 4.06. The standard InChI is InChI=1S/C13H16BIN2/c15-12-3-1-11(2-4-12)13(9-16)5-7-14(10-17)8-6-13/h1-4H,5-9,16H2. The number of halogens is 1. The van der Waals surface area contributed by atoms with Crippen LogP contribution in [0.25, 0.3) is 0 Å². The van der Waals surface area contributed by atoms with Gasteiger partial charge in [0.2, 0.25) is 0 Å². The molecule has 4 heteroatoms. The van der Waals surface area contributed by atoms with Crippen molar-refractivity contribution in [2.24, 2.45) is 5.73 Å². The third-order valence-corrected chi connectivity index (χ3v) is 4.69. The van der Waals surface area contributed by atoms with Crippen LogP contribution in [0.1, 0.15) is 18.4 Å². The summed E-state index contributed by atoms with van der Waals surface area (Å²) in [4.78, 5) is 0. The lowest BCUT2D eigenvalue weighted by Gasteiger charge is -2.37. The molecular weight excluding hydrogens is 322 g/mol. The molecule has 0 radical (unpaired) electrons. The van der Waals surface area contributed by atoms with Crippen molar-refractivity contribution >= 4 is 29.3 Å². The first-order chi connectivity index (χ1) is 8.20. The summed E-state index contributed by atoms with van der Waals surface area (Å²) < 4.78 is 1.25. The summed E-state index contributed by atoms with van der Waals surface area (Å²) in [5, 5.41) is 8.96. The molecule has 0 atom stereocenters. The fourth-order valence-corrected chi connectivity index (χ4v) is 3.07. The van der Waals surface area contributed by atoms with Crippen molar-refractivity contribution in [3.8, 4) is 5.97 Å². The Bertz CT molecular complexity index is 416. The van der Waals surface area contributed by atoms with Crippen LogP contribution in [-0.2, 0) is 5.41 Å². The van der Waals surface area contributed by atoms with Gasteiger partial charge in [-0.05, 0) is 53.1 Å². The molecule has 17 heavy (non-hydrogen) atoms. The quantitative estimate of drug-likeness (QED) is 0.666. The van der Waals surface area contributed by atoms with Gasteiger partial charge in [0.1, 0.15) is 0 Å². The fourth-order valence-electron chi connectivity index (χ4n) is 2.71. The van der Waals surface area contributed by atoms with E-state index in [9.17, 15) is 0 Å². The molecule has 0 spiro atoms. The van der Waals surface area contributed by atoms with E-state index in [1.165, 1.54) is 9.13 Å². The van der Waals surface area contributed by atoms with Crippen LogP contribution in [0.3, 0.4) is 0 Å². The van der Waals surface area contributed by atoms with Crippen molar-refractivity contribution in [3.63, 3.8) is 0 Å². The second kappa shape index (κ2) is 5.41. The Morgan fingerprint density at radius 1 is 1.29 bits per heavy atom. The number of benzene rings is 1. The number of nitriles is 1. The molecule has 0 bridgehead atoms. The molecule has 1 aromatic carbocycles. The molecular formula is C13H16BIN2. The number of hydrogen-bond acceptors (Lipinski definition) is 2. The normalized spacial score (nSPS) is 18.8. The Morgan fingerprint density at radius 2 is 1.88 bits per heavy atom. The van der Waals surface area contributed by atoms with E-state index in [0.29, 0.717) is 6.54 Å². The average Bonchev–Trinajstić information content (AvgIpc) is 2.40. The molecule has 88 valence electrons. The van der Waals surface area contributed by atoms with Gasteiger partial charge in [-0.15, -0.1) is 0 Å². The summed E-state index contributed by atoms with van der Waals surface area (Å²) in [5.74, 6) is 2.38. The first-order valence-corrected chi connectivity index (χ1v) is 7.14. The van der Waals surface area contributed by atoms with Crippen molar-refractivity contribution in [2.75, 3.05) is 6.54 Å². The SMILES string of the molecule is N#CB1CCC(CN)(c2ccc(I)cc2)CC1. The minimum atomic E-state index is 0.109. The molecule has 1 heterocycles. The van der Waals surface area contributed by atoms with Crippen LogP contribution in [0.4, 0.5) is 0 Å². The van der Waals surface area contributed by atoms with E-state index in [1.54, 1.807) is 0 Å². The van der Waals surface area contributed by atoms with Crippen molar-refractivity contribution < 1.29 is 0 Å². The van der Waals surface area contributed by atoms with Crippen molar-refractivity contribution in [1.29, 1.82) is 5.26 Å². The van der Waals surface area contributed by atoms with Gasteiger partial charge in [-0.3, -0.25) is 0 Å². The van der Waals surface area contributed by atoms with E-state index in [-0.39, 0.29) is 12.1 Å². The van der Waals surface area contributed by atoms with Gasteiger partial charge in [-0.1, -0.05) is 24.8 Å². The van der Waals surface area contributed by atoms with Crippen molar-refractivity contribution in [2.45, 2.75) is 30.9 Å². The molecule has 2 nitrogen and oxygen atoms in total. The minimum absolute atomic E-state index is 0.109. The van der Waals surface area contributed by atoms with Gasteiger partial charge < -0.3 is 5.73 Å².